The van der Waals surface area contributed by atoms with Crippen molar-refractivity contribution >= 4 is 6.09 Å². The summed E-state index contributed by atoms with van der Waals surface area (Å²) in [6.45, 7) is 5.47. The van der Waals surface area contributed by atoms with E-state index < -0.39 is 47.3 Å². The van der Waals surface area contributed by atoms with Crippen molar-refractivity contribution in [3.63, 3.8) is 0 Å². The zero-order valence-corrected chi connectivity index (χ0v) is 16.3. The number of nitrogens with zero attached hydrogens (tertiary/aromatic N) is 1. The van der Waals surface area contributed by atoms with E-state index in [1.165, 1.54) is 4.90 Å². The highest BCUT2D eigenvalue weighted by atomic mass is 19.4. The number of amides is 1. The van der Waals surface area contributed by atoms with Crippen LogP contribution in [0.4, 0.5) is 22.4 Å². The van der Waals surface area contributed by atoms with Gasteiger partial charge in [-0.05, 0) is 32.9 Å². The van der Waals surface area contributed by atoms with Gasteiger partial charge in [0, 0.05) is 24.5 Å². The third-order valence-electron chi connectivity index (χ3n) is 4.83. The Bertz CT molecular complexity index is 763. The van der Waals surface area contributed by atoms with E-state index in [9.17, 15) is 27.5 Å². The number of morpholine rings is 1. The number of carbonyl (C=O) groups is 1. The zero-order chi connectivity index (χ0) is 21.6. The average molecular weight is 421 g/mol. The summed E-state index contributed by atoms with van der Waals surface area (Å²) in [6, 6.07) is 1.50. The summed E-state index contributed by atoms with van der Waals surface area (Å²) in [5.74, 6) is -1.73. The quantitative estimate of drug-likeness (QED) is 0.738. The van der Waals surface area contributed by atoms with Gasteiger partial charge < -0.3 is 19.3 Å². The maximum absolute atomic E-state index is 14.6. The minimum atomic E-state index is -4.95. The fourth-order valence-electron chi connectivity index (χ4n) is 3.88. The minimum absolute atomic E-state index is 0.0425. The van der Waals surface area contributed by atoms with Crippen molar-refractivity contribution < 1.29 is 41.7 Å². The van der Waals surface area contributed by atoms with Gasteiger partial charge in [-0.3, -0.25) is 4.90 Å². The topological polar surface area (TPSA) is 68.2 Å². The molecule has 1 N–H and O–H groups in total. The van der Waals surface area contributed by atoms with E-state index in [-0.39, 0.29) is 31.6 Å². The number of halogens is 4. The van der Waals surface area contributed by atoms with E-state index in [2.05, 4.69) is 4.74 Å². The number of aliphatic hydroxyl groups is 1. The van der Waals surface area contributed by atoms with E-state index in [1.54, 1.807) is 20.8 Å². The summed E-state index contributed by atoms with van der Waals surface area (Å²) in [5.41, 5.74) is -2.52. The van der Waals surface area contributed by atoms with Crippen LogP contribution >= 0.6 is 0 Å². The van der Waals surface area contributed by atoms with Crippen molar-refractivity contribution in [2.24, 2.45) is 0 Å². The maximum atomic E-state index is 14.6. The molecule has 0 radical (unpaired) electrons. The molecule has 3 rings (SSSR count). The van der Waals surface area contributed by atoms with E-state index in [4.69, 9.17) is 9.47 Å². The van der Waals surface area contributed by atoms with Gasteiger partial charge in [0.25, 0.3) is 0 Å². The lowest BCUT2D eigenvalue weighted by atomic mass is 9.76. The standard InChI is InChI=1S/C19H23F4NO5/c1-17(2,3)29-16(25)24-11-7-18(26,8-12(24)10-27-9-11)14-5-4-13(6-15(14)20)28-19(21,22)23/h4-6,11-12,26H,7-10H2,1-3H3. The second kappa shape index (κ2) is 7.32. The molecular weight excluding hydrogens is 398 g/mol. The van der Waals surface area contributed by atoms with Crippen LogP contribution in [0.25, 0.3) is 0 Å². The summed E-state index contributed by atoms with van der Waals surface area (Å²) in [5, 5.41) is 11.1. The Kier molecular flexibility index (Phi) is 5.46. The summed E-state index contributed by atoms with van der Waals surface area (Å²) in [4.78, 5) is 14.1. The summed E-state index contributed by atoms with van der Waals surface area (Å²) >= 11 is 0. The second-order valence-electron chi connectivity index (χ2n) is 8.36. The van der Waals surface area contributed by atoms with Gasteiger partial charge in [-0.2, -0.15) is 0 Å². The first-order valence-corrected chi connectivity index (χ1v) is 9.15. The van der Waals surface area contributed by atoms with Crippen LogP contribution in [-0.4, -0.2) is 53.4 Å². The predicted molar refractivity (Wildman–Crippen MR) is 92.7 cm³/mol. The van der Waals surface area contributed by atoms with Crippen LogP contribution in [0.1, 0.15) is 39.2 Å². The fraction of sp³-hybridized carbons (Fsp3) is 0.632. The van der Waals surface area contributed by atoms with Crippen molar-refractivity contribution in [2.75, 3.05) is 13.2 Å². The number of alkyl halides is 3. The molecule has 2 fully saturated rings. The number of carbonyl (C=O) groups excluding carboxylic acids is 1. The lowest BCUT2D eigenvalue weighted by Crippen LogP contribution is -2.63. The maximum Gasteiger partial charge on any atom is 0.573 e. The van der Waals surface area contributed by atoms with Crippen LogP contribution in [0.15, 0.2) is 18.2 Å². The molecule has 1 aromatic rings. The molecule has 2 saturated heterocycles. The Hall–Kier alpha value is -2.07. The van der Waals surface area contributed by atoms with Gasteiger partial charge in [-0.15, -0.1) is 13.2 Å². The van der Waals surface area contributed by atoms with E-state index >= 15 is 0 Å². The van der Waals surface area contributed by atoms with E-state index in [0.717, 1.165) is 12.1 Å². The number of rotatable bonds is 2. The molecule has 1 aromatic carbocycles. The fourth-order valence-corrected chi connectivity index (χ4v) is 3.88. The number of fused-ring (bicyclic) bond motifs is 2. The zero-order valence-electron chi connectivity index (χ0n) is 16.3. The Morgan fingerprint density at radius 3 is 2.28 bits per heavy atom. The van der Waals surface area contributed by atoms with Gasteiger partial charge in [0.2, 0.25) is 0 Å². The van der Waals surface area contributed by atoms with Gasteiger partial charge in [-0.1, -0.05) is 0 Å². The molecule has 0 spiro atoms. The Balaban J connectivity index is 1.83. The molecule has 0 aliphatic carbocycles. The van der Waals surface area contributed by atoms with Crippen molar-refractivity contribution in [3.05, 3.63) is 29.6 Å². The summed E-state index contributed by atoms with van der Waals surface area (Å²) in [7, 11) is 0. The van der Waals surface area contributed by atoms with Gasteiger partial charge in [0.05, 0.1) is 30.9 Å². The van der Waals surface area contributed by atoms with Gasteiger partial charge in [0.1, 0.15) is 17.2 Å². The van der Waals surface area contributed by atoms with Crippen molar-refractivity contribution in [1.29, 1.82) is 0 Å². The molecule has 0 aromatic heterocycles. The molecule has 2 atom stereocenters. The van der Waals surface area contributed by atoms with Crippen molar-refractivity contribution in [3.8, 4) is 5.75 Å². The van der Waals surface area contributed by atoms with Crippen LogP contribution in [-0.2, 0) is 15.1 Å². The molecule has 1 amide bonds. The number of hydrogen-bond acceptors (Lipinski definition) is 5. The number of hydrogen-bond donors (Lipinski definition) is 1. The molecule has 2 aliphatic heterocycles. The molecule has 10 heteroatoms. The number of piperidine rings is 1. The van der Waals surface area contributed by atoms with Crippen LogP contribution in [0.5, 0.6) is 5.75 Å². The SMILES string of the molecule is CC(C)(C)OC(=O)N1C2COCC1CC(O)(c1ccc(OC(F)(F)F)cc1F)C2. The number of benzene rings is 1. The molecule has 29 heavy (non-hydrogen) atoms. The lowest BCUT2D eigenvalue weighted by molar-refractivity contribution is -0.274. The highest BCUT2D eigenvalue weighted by Gasteiger charge is 2.50. The van der Waals surface area contributed by atoms with E-state index in [0.29, 0.717) is 6.07 Å². The minimum Gasteiger partial charge on any atom is -0.444 e. The van der Waals surface area contributed by atoms with Crippen LogP contribution in [0, 0.1) is 5.82 Å². The van der Waals surface area contributed by atoms with Gasteiger partial charge in [-0.25, -0.2) is 9.18 Å². The normalized spacial score (nSPS) is 27.5. The average Bonchev–Trinajstić information content (AvgIpc) is 2.50. The number of ether oxygens (including phenoxy) is 3. The van der Waals surface area contributed by atoms with Crippen LogP contribution < -0.4 is 4.74 Å². The largest absolute Gasteiger partial charge is 0.573 e. The summed E-state index contributed by atoms with van der Waals surface area (Å²) < 4.78 is 66.2. The first kappa shape index (κ1) is 21.6. The van der Waals surface area contributed by atoms with Crippen molar-refractivity contribution in [2.45, 2.75) is 63.3 Å². The lowest BCUT2D eigenvalue weighted by Gasteiger charge is -2.51. The molecule has 2 bridgehead atoms. The molecule has 0 saturated carbocycles. The third-order valence-corrected chi connectivity index (χ3v) is 4.83. The molecule has 6 nitrogen and oxygen atoms in total. The third kappa shape index (κ3) is 4.92. The highest BCUT2D eigenvalue weighted by Crippen LogP contribution is 2.43. The van der Waals surface area contributed by atoms with Gasteiger partial charge in [0.15, 0.2) is 0 Å². The van der Waals surface area contributed by atoms with Crippen LogP contribution in [0.2, 0.25) is 0 Å². The predicted octanol–water partition coefficient (Wildman–Crippen LogP) is 3.71. The summed E-state index contributed by atoms with van der Waals surface area (Å²) in [6.07, 6.45) is -5.58. The molecule has 162 valence electrons. The molecular formula is C19H23F4NO5. The van der Waals surface area contributed by atoms with Crippen LogP contribution in [0.3, 0.4) is 0 Å². The second-order valence-corrected chi connectivity index (χ2v) is 8.36. The van der Waals surface area contributed by atoms with Crippen molar-refractivity contribution in [1.82, 2.24) is 4.90 Å². The first-order valence-electron chi connectivity index (χ1n) is 9.15. The smallest absolute Gasteiger partial charge is 0.444 e. The molecule has 2 aliphatic rings. The molecule has 2 unspecified atom stereocenters. The molecule has 2 heterocycles. The first-order chi connectivity index (χ1) is 13.3. The Morgan fingerprint density at radius 1 is 1.21 bits per heavy atom. The highest BCUT2D eigenvalue weighted by molar-refractivity contribution is 5.69. The monoisotopic (exact) mass is 421 g/mol. The van der Waals surface area contributed by atoms with E-state index in [1.807, 2.05) is 0 Å². The Labute approximate surface area is 165 Å². The van der Waals surface area contributed by atoms with Gasteiger partial charge >= 0.3 is 12.5 Å². The Morgan fingerprint density at radius 2 is 1.79 bits per heavy atom.